The lowest BCUT2D eigenvalue weighted by atomic mass is 10.1. The van der Waals surface area contributed by atoms with Gasteiger partial charge in [-0.15, -0.1) is 0 Å². The summed E-state index contributed by atoms with van der Waals surface area (Å²) in [6.45, 7) is 5.96. The molecule has 0 fully saturated rings. The second-order valence-electron chi connectivity index (χ2n) is 5.00. The highest BCUT2D eigenvalue weighted by Gasteiger charge is 2.14. The van der Waals surface area contributed by atoms with E-state index in [1.54, 1.807) is 12.1 Å². The van der Waals surface area contributed by atoms with Gasteiger partial charge in [-0.3, -0.25) is 9.89 Å². The molecule has 0 unspecified atom stereocenters. The predicted molar refractivity (Wildman–Crippen MR) is 83.9 cm³/mol. The highest BCUT2D eigenvalue weighted by molar-refractivity contribution is 9.10. The number of benzene rings is 1. The van der Waals surface area contributed by atoms with Crippen LogP contribution in [0.2, 0.25) is 0 Å². The van der Waals surface area contributed by atoms with Crippen LogP contribution < -0.4 is 11.1 Å². The first-order chi connectivity index (χ1) is 9.38. The summed E-state index contributed by atoms with van der Waals surface area (Å²) >= 11 is 3.39. The minimum Gasteiger partial charge on any atom is -0.397 e. The monoisotopic (exact) mass is 336 g/mol. The lowest BCUT2D eigenvalue weighted by Crippen LogP contribution is -2.14. The summed E-state index contributed by atoms with van der Waals surface area (Å²) in [6.07, 6.45) is 0. The van der Waals surface area contributed by atoms with Crippen molar-refractivity contribution >= 4 is 33.2 Å². The van der Waals surface area contributed by atoms with Crippen LogP contribution in [0.5, 0.6) is 0 Å². The van der Waals surface area contributed by atoms with Crippen molar-refractivity contribution in [2.24, 2.45) is 0 Å². The molecule has 4 N–H and O–H groups in total. The van der Waals surface area contributed by atoms with E-state index in [9.17, 15) is 4.79 Å². The topological polar surface area (TPSA) is 83.8 Å². The van der Waals surface area contributed by atoms with Gasteiger partial charge in [0.25, 0.3) is 5.91 Å². The first-order valence-corrected chi connectivity index (χ1v) is 7.10. The van der Waals surface area contributed by atoms with Gasteiger partial charge in [0.05, 0.1) is 11.4 Å². The molecular weight excluding hydrogens is 320 g/mol. The van der Waals surface area contributed by atoms with Crippen molar-refractivity contribution in [2.75, 3.05) is 11.1 Å². The van der Waals surface area contributed by atoms with Crippen molar-refractivity contribution in [1.29, 1.82) is 0 Å². The van der Waals surface area contributed by atoms with Gasteiger partial charge in [0.2, 0.25) is 0 Å². The van der Waals surface area contributed by atoms with E-state index >= 15 is 0 Å². The van der Waals surface area contributed by atoms with Crippen LogP contribution in [0, 0.1) is 6.92 Å². The Morgan fingerprint density at radius 2 is 2.10 bits per heavy atom. The largest absolute Gasteiger partial charge is 0.397 e. The zero-order chi connectivity index (χ0) is 14.9. The molecule has 0 aliphatic rings. The number of aromatic nitrogens is 2. The van der Waals surface area contributed by atoms with Gasteiger partial charge < -0.3 is 11.1 Å². The number of H-pyrrole nitrogens is 1. The molecule has 2 rings (SSSR count). The van der Waals surface area contributed by atoms with E-state index in [0.717, 1.165) is 15.7 Å². The number of nitrogen functional groups attached to an aromatic ring is 1. The van der Waals surface area contributed by atoms with E-state index in [4.69, 9.17) is 5.73 Å². The minimum atomic E-state index is -0.280. The molecule has 106 valence electrons. The van der Waals surface area contributed by atoms with Gasteiger partial charge in [0.15, 0.2) is 5.69 Å². The predicted octanol–water partition coefficient (Wildman–Crippen LogP) is 3.44. The molecular formula is C14H17BrN4O. The van der Waals surface area contributed by atoms with Gasteiger partial charge in [0, 0.05) is 10.2 Å². The number of carbonyl (C=O) groups excluding carboxylic acids is 1. The molecule has 0 aliphatic carbocycles. The van der Waals surface area contributed by atoms with Crippen molar-refractivity contribution in [3.8, 4) is 0 Å². The van der Waals surface area contributed by atoms with Gasteiger partial charge in [-0.25, -0.2) is 0 Å². The number of nitrogens with zero attached hydrogens (tertiary/aromatic N) is 1. The van der Waals surface area contributed by atoms with E-state index in [1.165, 1.54) is 0 Å². The normalized spacial score (nSPS) is 10.8. The van der Waals surface area contributed by atoms with E-state index in [-0.39, 0.29) is 5.91 Å². The molecule has 0 bridgehead atoms. The molecule has 5 nitrogen and oxygen atoms in total. The molecule has 2 aromatic rings. The Hall–Kier alpha value is -1.82. The molecule has 0 saturated heterocycles. The number of aryl methyl sites for hydroxylation is 1. The van der Waals surface area contributed by atoms with Crippen LogP contribution in [-0.4, -0.2) is 16.1 Å². The van der Waals surface area contributed by atoms with Crippen LogP contribution in [0.25, 0.3) is 0 Å². The van der Waals surface area contributed by atoms with E-state index in [1.807, 2.05) is 26.8 Å². The molecule has 1 heterocycles. The smallest absolute Gasteiger partial charge is 0.276 e. The van der Waals surface area contributed by atoms with Gasteiger partial charge in [-0.05, 0) is 36.6 Å². The Labute approximate surface area is 126 Å². The Morgan fingerprint density at radius 1 is 1.40 bits per heavy atom. The van der Waals surface area contributed by atoms with Gasteiger partial charge in [-0.1, -0.05) is 29.8 Å². The maximum Gasteiger partial charge on any atom is 0.276 e. The number of hydrogen-bond acceptors (Lipinski definition) is 3. The van der Waals surface area contributed by atoms with Crippen molar-refractivity contribution in [2.45, 2.75) is 26.7 Å². The average Bonchev–Trinajstić information content (AvgIpc) is 2.85. The fraction of sp³-hybridized carbons (Fsp3) is 0.286. The van der Waals surface area contributed by atoms with Crippen LogP contribution in [0.15, 0.2) is 22.7 Å². The number of halogens is 1. The molecule has 0 atom stereocenters. The number of nitrogens with one attached hydrogen (secondary N) is 2. The zero-order valence-corrected chi connectivity index (χ0v) is 13.2. The number of amides is 1. The molecule has 20 heavy (non-hydrogen) atoms. The van der Waals surface area contributed by atoms with Gasteiger partial charge in [-0.2, -0.15) is 5.10 Å². The summed E-state index contributed by atoms with van der Waals surface area (Å²) in [4.78, 5) is 12.2. The van der Waals surface area contributed by atoms with Crippen molar-refractivity contribution in [3.63, 3.8) is 0 Å². The van der Waals surface area contributed by atoms with Crippen molar-refractivity contribution in [3.05, 3.63) is 39.6 Å². The Kier molecular flexibility index (Phi) is 4.13. The lowest BCUT2D eigenvalue weighted by Gasteiger charge is -2.10. The Bertz CT molecular complexity index is 649. The zero-order valence-electron chi connectivity index (χ0n) is 11.6. The number of carbonyl (C=O) groups is 1. The molecule has 6 heteroatoms. The Morgan fingerprint density at radius 3 is 2.70 bits per heavy atom. The average molecular weight is 337 g/mol. The van der Waals surface area contributed by atoms with Crippen LogP contribution in [-0.2, 0) is 0 Å². The molecule has 1 aromatic heterocycles. The third-order valence-corrected chi connectivity index (χ3v) is 3.51. The number of nitrogens with two attached hydrogens (primary N) is 1. The van der Waals surface area contributed by atoms with Crippen LogP contribution in [0.4, 0.5) is 11.4 Å². The molecule has 1 amide bonds. The summed E-state index contributed by atoms with van der Waals surface area (Å²) in [5, 5.41) is 9.66. The quantitative estimate of drug-likeness (QED) is 0.750. The second kappa shape index (κ2) is 5.66. The van der Waals surface area contributed by atoms with E-state index in [2.05, 4.69) is 31.4 Å². The highest BCUT2D eigenvalue weighted by atomic mass is 79.9. The number of anilines is 2. The number of aromatic amines is 1. The maximum atomic E-state index is 12.2. The number of hydrogen-bond donors (Lipinski definition) is 3. The van der Waals surface area contributed by atoms with Gasteiger partial charge in [0.1, 0.15) is 0 Å². The summed E-state index contributed by atoms with van der Waals surface area (Å²) in [5.74, 6) is 0.0135. The van der Waals surface area contributed by atoms with Crippen LogP contribution >= 0.6 is 15.9 Å². The third kappa shape index (κ3) is 3.01. The standard InChI is InChI=1S/C14H17BrN4O/c1-7(2)10-6-12(19-18-10)14(20)17-11-5-9(15)4-8(3)13(11)16/h4-7H,16H2,1-3H3,(H,17,20)(H,18,19). The molecule has 1 aromatic carbocycles. The lowest BCUT2D eigenvalue weighted by molar-refractivity contribution is 0.102. The van der Waals surface area contributed by atoms with Crippen LogP contribution in [0.3, 0.4) is 0 Å². The van der Waals surface area contributed by atoms with Gasteiger partial charge >= 0.3 is 0 Å². The molecule has 0 aliphatic heterocycles. The third-order valence-electron chi connectivity index (χ3n) is 3.05. The first kappa shape index (κ1) is 14.6. The van der Waals surface area contributed by atoms with E-state index < -0.39 is 0 Å². The SMILES string of the molecule is Cc1cc(Br)cc(NC(=O)c2cc(C(C)C)[nH]n2)c1N. The summed E-state index contributed by atoms with van der Waals surface area (Å²) in [6, 6.07) is 5.42. The summed E-state index contributed by atoms with van der Waals surface area (Å²) in [7, 11) is 0. The fourth-order valence-electron chi connectivity index (χ4n) is 1.79. The summed E-state index contributed by atoms with van der Waals surface area (Å²) in [5.41, 5.74) is 9.28. The van der Waals surface area contributed by atoms with E-state index in [0.29, 0.717) is 23.0 Å². The molecule has 0 saturated carbocycles. The fourth-order valence-corrected chi connectivity index (χ4v) is 2.37. The minimum absolute atomic E-state index is 0.280. The number of rotatable bonds is 3. The Balaban J connectivity index is 2.23. The first-order valence-electron chi connectivity index (χ1n) is 6.30. The highest BCUT2D eigenvalue weighted by Crippen LogP contribution is 2.27. The maximum absolute atomic E-state index is 12.2. The van der Waals surface area contributed by atoms with Crippen molar-refractivity contribution < 1.29 is 4.79 Å². The summed E-state index contributed by atoms with van der Waals surface area (Å²) < 4.78 is 0.865. The molecule has 0 radical (unpaired) electrons. The molecule has 0 spiro atoms. The second-order valence-corrected chi connectivity index (χ2v) is 5.92. The van der Waals surface area contributed by atoms with Crippen molar-refractivity contribution in [1.82, 2.24) is 10.2 Å². The van der Waals surface area contributed by atoms with Crippen LogP contribution in [0.1, 0.15) is 41.5 Å².